The Morgan fingerprint density at radius 2 is 2.27 bits per heavy atom. The van der Waals surface area contributed by atoms with Crippen molar-refractivity contribution < 1.29 is 9.90 Å². The number of hydrogen-bond donors (Lipinski definition) is 1. The number of fused-ring (bicyclic) bond motifs is 1. The van der Waals surface area contributed by atoms with Crippen molar-refractivity contribution in [1.82, 2.24) is 10.2 Å². The number of nitrogens with zero attached hydrogens (tertiary/aromatic N) is 3. The third-order valence-electron chi connectivity index (χ3n) is 2.46. The Morgan fingerprint density at radius 3 is 2.87 bits per heavy atom. The molecule has 0 unspecified atom stereocenters. The predicted octanol–water partition coefficient (Wildman–Crippen LogP) is 1.91. The third-order valence-corrected chi connectivity index (χ3v) is 2.64. The molecule has 0 fully saturated rings. The van der Waals surface area contributed by atoms with Gasteiger partial charge >= 0.3 is 6.09 Å². The molecule has 1 aliphatic rings. The SMILES string of the molecule is CC1(C)CN(C(=O)O)c2cc(Cl)nnc21. The molecule has 15 heavy (non-hydrogen) atoms. The Labute approximate surface area is 91.7 Å². The lowest BCUT2D eigenvalue weighted by Crippen LogP contribution is -2.32. The number of hydrogen-bond acceptors (Lipinski definition) is 3. The van der Waals surface area contributed by atoms with Gasteiger partial charge in [-0.25, -0.2) is 4.79 Å². The Kier molecular flexibility index (Phi) is 2.08. The lowest BCUT2D eigenvalue weighted by Gasteiger charge is -2.16. The number of aromatic nitrogens is 2. The van der Waals surface area contributed by atoms with Gasteiger partial charge in [-0.3, -0.25) is 4.90 Å². The minimum absolute atomic E-state index is 0.206. The van der Waals surface area contributed by atoms with Crippen LogP contribution in [0.1, 0.15) is 19.5 Å². The van der Waals surface area contributed by atoms with Crippen molar-refractivity contribution in [2.45, 2.75) is 19.3 Å². The quantitative estimate of drug-likeness (QED) is 0.735. The van der Waals surface area contributed by atoms with E-state index in [1.165, 1.54) is 11.0 Å². The summed E-state index contributed by atoms with van der Waals surface area (Å²) in [5, 5.41) is 16.9. The van der Waals surface area contributed by atoms with Crippen LogP contribution >= 0.6 is 11.6 Å². The second-order valence-corrected chi connectivity index (χ2v) is 4.54. The smallest absolute Gasteiger partial charge is 0.411 e. The monoisotopic (exact) mass is 227 g/mol. The highest BCUT2D eigenvalue weighted by molar-refractivity contribution is 6.29. The molecule has 1 aromatic heterocycles. The van der Waals surface area contributed by atoms with Crippen molar-refractivity contribution in [3.8, 4) is 0 Å². The molecule has 2 rings (SSSR count). The van der Waals surface area contributed by atoms with Gasteiger partial charge < -0.3 is 5.11 Å². The van der Waals surface area contributed by atoms with Gasteiger partial charge in [0.15, 0.2) is 5.15 Å². The summed E-state index contributed by atoms with van der Waals surface area (Å²) in [6.07, 6.45) is -0.995. The maximum atomic E-state index is 11.0. The van der Waals surface area contributed by atoms with Crippen molar-refractivity contribution in [3.63, 3.8) is 0 Å². The first-order valence-electron chi connectivity index (χ1n) is 4.46. The second-order valence-electron chi connectivity index (χ2n) is 4.15. The van der Waals surface area contributed by atoms with Crippen LogP contribution in [-0.2, 0) is 5.41 Å². The molecule has 5 nitrogen and oxygen atoms in total. The van der Waals surface area contributed by atoms with Gasteiger partial charge in [-0.05, 0) is 0 Å². The third kappa shape index (κ3) is 1.52. The Balaban J connectivity index is 2.58. The van der Waals surface area contributed by atoms with E-state index in [-0.39, 0.29) is 10.6 Å². The number of rotatable bonds is 0. The van der Waals surface area contributed by atoms with Crippen LogP contribution in [0.2, 0.25) is 5.15 Å². The molecule has 1 aromatic rings. The average Bonchev–Trinajstić information content (AvgIpc) is 2.38. The first kappa shape index (κ1) is 10.2. The summed E-state index contributed by atoms with van der Waals surface area (Å²) in [7, 11) is 0. The zero-order chi connectivity index (χ0) is 11.2. The van der Waals surface area contributed by atoms with Gasteiger partial charge in [0.1, 0.15) is 0 Å². The average molecular weight is 228 g/mol. The number of anilines is 1. The topological polar surface area (TPSA) is 66.3 Å². The molecular weight excluding hydrogens is 218 g/mol. The summed E-state index contributed by atoms with van der Waals surface area (Å²) in [6.45, 7) is 4.24. The van der Waals surface area contributed by atoms with E-state index in [2.05, 4.69) is 10.2 Å². The van der Waals surface area contributed by atoms with Crippen molar-refractivity contribution in [2.24, 2.45) is 0 Å². The van der Waals surface area contributed by atoms with Crippen molar-refractivity contribution >= 4 is 23.4 Å². The van der Waals surface area contributed by atoms with Gasteiger partial charge in [0.2, 0.25) is 0 Å². The van der Waals surface area contributed by atoms with Gasteiger partial charge in [-0.15, -0.1) is 5.10 Å². The molecule has 0 aromatic carbocycles. The molecule has 80 valence electrons. The first-order valence-corrected chi connectivity index (χ1v) is 4.84. The maximum Gasteiger partial charge on any atom is 0.411 e. The molecular formula is C9H10ClN3O2. The van der Waals surface area contributed by atoms with Gasteiger partial charge in [-0.1, -0.05) is 25.4 Å². The Hall–Kier alpha value is -1.36. The Bertz CT molecular complexity index is 433. The van der Waals surface area contributed by atoms with Crippen molar-refractivity contribution in [1.29, 1.82) is 0 Å². The molecule has 0 spiro atoms. The van der Waals surface area contributed by atoms with E-state index in [0.717, 1.165) is 0 Å². The zero-order valence-corrected chi connectivity index (χ0v) is 9.12. The lowest BCUT2D eigenvalue weighted by molar-refractivity contribution is 0.201. The van der Waals surface area contributed by atoms with E-state index in [9.17, 15) is 4.79 Å². The highest BCUT2D eigenvalue weighted by Gasteiger charge is 2.40. The van der Waals surface area contributed by atoms with E-state index in [1.54, 1.807) is 0 Å². The zero-order valence-electron chi connectivity index (χ0n) is 8.36. The van der Waals surface area contributed by atoms with Crippen LogP contribution in [0.25, 0.3) is 0 Å². The van der Waals surface area contributed by atoms with Crippen LogP contribution in [0.15, 0.2) is 6.07 Å². The number of halogens is 1. The fourth-order valence-electron chi connectivity index (χ4n) is 1.77. The lowest BCUT2D eigenvalue weighted by atomic mass is 9.92. The van der Waals surface area contributed by atoms with Crippen LogP contribution in [0.4, 0.5) is 10.5 Å². The van der Waals surface area contributed by atoms with E-state index in [1.807, 2.05) is 13.8 Å². The molecule has 0 radical (unpaired) electrons. The molecule has 0 saturated heterocycles. The van der Waals surface area contributed by atoms with Gasteiger partial charge in [0.05, 0.1) is 11.4 Å². The van der Waals surface area contributed by atoms with E-state index in [0.29, 0.717) is 17.9 Å². The number of carbonyl (C=O) groups is 1. The van der Waals surface area contributed by atoms with Gasteiger partial charge in [0.25, 0.3) is 0 Å². The fourth-order valence-corrected chi connectivity index (χ4v) is 1.91. The molecule has 1 aliphatic heterocycles. The summed E-state index contributed by atoms with van der Waals surface area (Å²) < 4.78 is 0. The van der Waals surface area contributed by atoms with Gasteiger partial charge in [0, 0.05) is 18.0 Å². The highest BCUT2D eigenvalue weighted by Crippen LogP contribution is 2.39. The highest BCUT2D eigenvalue weighted by atomic mass is 35.5. The largest absolute Gasteiger partial charge is 0.465 e. The van der Waals surface area contributed by atoms with E-state index >= 15 is 0 Å². The van der Waals surface area contributed by atoms with Crippen LogP contribution in [-0.4, -0.2) is 27.9 Å². The Morgan fingerprint density at radius 1 is 1.60 bits per heavy atom. The molecule has 0 bridgehead atoms. The molecule has 2 heterocycles. The van der Waals surface area contributed by atoms with E-state index in [4.69, 9.17) is 16.7 Å². The van der Waals surface area contributed by atoms with E-state index < -0.39 is 6.09 Å². The second kappa shape index (κ2) is 3.06. The fraction of sp³-hybridized carbons (Fsp3) is 0.444. The van der Waals surface area contributed by atoms with Crippen LogP contribution in [0.3, 0.4) is 0 Å². The molecule has 6 heteroatoms. The molecule has 0 saturated carbocycles. The van der Waals surface area contributed by atoms with Crippen LogP contribution < -0.4 is 4.90 Å². The molecule has 0 aliphatic carbocycles. The first-order chi connectivity index (χ1) is 6.92. The summed E-state index contributed by atoms with van der Waals surface area (Å²) in [5.74, 6) is 0. The number of amides is 1. The maximum absolute atomic E-state index is 11.0. The standard InChI is InChI=1S/C9H10ClN3O2/c1-9(2)4-13(8(14)15)5-3-6(10)11-12-7(5)9/h3H,4H2,1-2H3,(H,14,15). The minimum Gasteiger partial charge on any atom is -0.465 e. The molecule has 1 amide bonds. The molecule has 1 N–H and O–H groups in total. The predicted molar refractivity (Wildman–Crippen MR) is 55.4 cm³/mol. The van der Waals surface area contributed by atoms with Crippen LogP contribution in [0, 0.1) is 0 Å². The summed E-state index contributed by atoms with van der Waals surface area (Å²) in [4.78, 5) is 12.2. The summed E-state index contributed by atoms with van der Waals surface area (Å²) in [5.41, 5.74) is 0.896. The normalized spacial score (nSPS) is 17.7. The van der Waals surface area contributed by atoms with Crippen LogP contribution in [0.5, 0.6) is 0 Å². The summed E-state index contributed by atoms with van der Waals surface area (Å²) >= 11 is 5.69. The van der Waals surface area contributed by atoms with Gasteiger partial charge in [-0.2, -0.15) is 5.10 Å². The molecule has 0 atom stereocenters. The number of carboxylic acid groups (broad SMARTS) is 1. The van der Waals surface area contributed by atoms with Crippen molar-refractivity contribution in [3.05, 3.63) is 16.9 Å². The van der Waals surface area contributed by atoms with Crippen molar-refractivity contribution in [2.75, 3.05) is 11.4 Å². The minimum atomic E-state index is -0.995. The summed E-state index contributed by atoms with van der Waals surface area (Å²) in [6, 6.07) is 1.53.